The maximum Gasteiger partial charge on any atom is 0.421 e. The number of hydrogen-bond donors (Lipinski definition) is 3. The van der Waals surface area contributed by atoms with Crippen molar-refractivity contribution in [3.05, 3.63) is 35.5 Å². The maximum atomic E-state index is 13.8. The van der Waals surface area contributed by atoms with Gasteiger partial charge in [0, 0.05) is 41.0 Å². The predicted octanol–water partition coefficient (Wildman–Crippen LogP) is 4.78. The Morgan fingerprint density at radius 1 is 1.21 bits per heavy atom. The van der Waals surface area contributed by atoms with E-state index in [1.807, 2.05) is 19.1 Å². The number of anilines is 3. The molecule has 1 aromatic heterocycles. The van der Waals surface area contributed by atoms with Crippen molar-refractivity contribution in [2.24, 2.45) is 11.3 Å². The number of aryl methyl sites for hydroxylation is 1. The van der Waals surface area contributed by atoms with Crippen molar-refractivity contribution in [2.45, 2.75) is 74.8 Å². The van der Waals surface area contributed by atoms with Crippen LogP contribution in [0.4, 0.5) is 30.6 Å². The summed E-state index contributed by atoms with van der Waals surface area (Å²) in [5.41, 5.74) is -0.0692. The van der Waals surface area contributed by atoms with Gasteiger partial charge in [0.1, 0.15) is 11.4 Å². The second-order valence-corrected chi connectivity index (χ2v) is 13.4. The van der Waals surface area contributed by atoms with E-state index >= 15 is 0 Å². The average molecular weight is 552 g/mol. The fourth-order valence-electron chi connectivity index (χ4n) is 6.04. The molecule has 3 fully saturated rings. The highest BCUT2D eigenvalue weighted by atomic mass is 32.2. The molecular formula is C27H36F3N5O2S. The van der Waals surface area contributed by atoms with Crippen LogP contribution in [0, 0.1) is 18.3 Å². The Balaban J connectivity index is 1.31. The number of nitrogens with one attached hydrogen (secondary N) is 2. The SMILES string of the molecule is Cc1cc(S(=O)C2CC3(CCNCC3)C2)ccc1Nc1ncc(C(F)(F)F)c(N2CCC(C(C)(C)O)C2)n1. The smallest absolute Gasteiger partial charge is 0.390 e. The number of nitrogens with zero attached hydrogens (tertiary/aromatic N) is 3. The number of aliphatic hydroxyl groups is 1. The Bertz CT molecular complexity index is 1200. The first-order valence-electron chi connectivity index (χ1n) is 13.3. The molecule has 1 saturated carbocycles. The number of alkyl halides is 3. The monoisotopic (exact) mass is 551 g/mol. The fourth-order valence-corrected chi connectivity index (χ4v) is 7.93. The van der Waals surface area contributed by atoms with Crippen LogP contribution in [-0.4, -0.2) is 56.3 Å². The Kier molecular flexibility index (Phi) is 7.23. The molecule has 2 saturated heterocycles. The van der Waals surface area contributed by atoms with Gasteiger partial charge in [-0.05, 0) is 95.1 Å². The fraction of sp³-hybridized carbons (Fsp3) is 0.630. The van der Waals surface area contributed by atoms with Gasteiger partial charge in [-0.2, -0.15) is 18.2 Å². The summed E-state index contributed by atoms with van der Waals surface area (Å²) < 4.78 is 54.6. The third kappa shape index (κ3) is 5.56. The van der Waals surface area contributed by atoms with Gasteiger partial charge in [-0.1, -0.05) is 0 Å². The third-order valence-corrected chi connectivity index (χ3v) is 10.2. The van der Waals surface area contributed by atoms with Gasteiger partial charge in [0.15, 0.2) is 0 Å². The molecule has 1 aliphatic carbocycles. The summed E-state index contributed by atoms with van der Waals surface area (Å²) >= 11 is 0. The summed E-state index contributed by atoms with van der Waals surface area (Å²) in [6.45, 7) is 7.93. The lowest BCUT2D eigenvalue weighted by Gasteiger charge is -2.49. The van der Waals surface area contributed by atoms with Gasteiger partial charge in [0.2, 0.25) is 5.95 Å². The molecule has 7 nitrogen and oxygen atoms in total. The number of halogens is 3. The predicted molar refractivity (Wildman–Crippen MR) is 142 cm³/mol. The summed E-state index contributed by atoms with van der Waals surface area (Å²) in [6, 6.07) is 5.49. The van der Waals surface area contributed by atoms with Crippen LogP contribution in [0.5, 0.6) is 0 Å². The lowest BCUT2D eigenvalue weighted by molar-refractivity contribution is -0.137. The minimum Gasteiger partial charge on any atom is -0.390 e. The highest BCUT2D eigenvalue weighted by Crippen LogP contribution is 2.51. The molecule has 3 aliphatic rings. The first kappa shape index (κ1) is 27.3. The molecule has 3 heterocycles. The molecular weight excluding hydrogens is 515 g/mol. The van der Waals surface area contributed by atoms with E-state index in [2.05, 4.69) is 20.6 Å². The van der Waals surface area contributed by atoms with Crippen LogP contribution >= 0.6 is 0 Å². The molecule has 1 spiro atoms. The molecule has 2 atom stereocenters. The van der Waals surface area contributed by atoms with E-state index in [4.69, 9.17) is 0 Å². The molecule has 0 radical (unpaired) electrons. The lowest BCUT2D eigenvalue weighted by atomic mass is 9.63. The van der Waals surface area contributed by atoms with Crippen LogP contribution in [0.1, 0.15) is 57.1 Å². The molecule has 2 aliphatic heterocycles. The second kappa shape index (κ2) is 10.1. The summed E-state index contributed by atoms with van der Waals surface area (Å²) in [6.07, 6.45) is 1.07. The first-order valence-corrected chi connectivity index (χ1v) is 14.5. The largest absolute Gasteiger partial charge is 0.421 e. The Hall–Kier alpha value is -2.24. The van der Waals surface area contributed by atoms with E-state index in [0.29, 0.717) is 24.1 Å². The van der Waals surface area contributed by atoms with Gasteiger partial charge in [0.05, 0.1) is 16.4 Å². The molecule has 2 aromatic rings. The van der Waals surface area contributed by atoms with Crippen LogP contribution in [0.15, 0.2) is 29.3 Å². The van der Waals surface area contributed by atoms with Gasteiger partial charge in [-0.25, -0.2) is 4.98 Å². The normalized spacial score (nSPS) is 22.9. The summed E-state index contributed by atoms with van der Waals surface area (Å²) in [7, 11) is -1.10. The van der Waals surface area contributed by atoms with Crippen LogP contribution in [0.3, 0.4) is 0 Å². The zero-order valence-corrected chi connectivity index (χ0v) is 22.9. The Labute approximate surface area is 224 Å². The molecule has 11 heteroatoms. The Morgan fingerprint density at radius 2 is 1.92 bits per heavy atom. The zero-order valence-electron chi connectivity index (χ0n) is 22.1. The maximum absolute atomic E-state index is 13.8. The number of piperidine rings is 1. The van der Waals surface area contributed by atoms with Crippen molar-refractivity contribution in [3.63, 3.8) is 0 Å². The van der Waals surface area contributed by atoms with Gasteiger partial charge in [-0.3, -0.25) is 4.21 Å². The van der Waals surface area contributed by atoms with Crippen molar-refractivity contribution < 1.29 is 22.5 Å². The van der Waals surface area contributed by atoms with E-state index in [-0.39, 0.29) is 29.5 Å². The minimum absolute atomic E-state index is 0.0588. The molecule has 38 heavy (non-hydrogen) atoms. The summed E-state index contributed by atoms with van der Waals surface area (Å²) in [4.78, 5) is 10.6. The quantitative estimate of drug-likeness (QED) is 0.476. The number of benzene rings is 1. The zero-order chi connectivity index (χ0) is 27.3. The molecule has 0 amide bonds. The Morgan fingerprint density at radius 3 is 2.53 bits per heavy atom. The van der Waals surface area contributed by atoms with Gasteiger partial charge in [0.25, 0.3) is 0 Å². The van der Waals surface area contributed by atoms with Crippen molar-refractivity contribution in [1.82, 2.24) is 15.3 Å². The van der Waals surface area contributed by atoms with Crippen molar-refractivity contribution in [1.29, 1.82) is 0 Å². The number of hydrogen-bond acceptors (Lipinski definition) is 7. The van der Waals surface area contributed by atoms with Crippen molar-refractivity contribution >= 4 is 28.3 Å². The molecule has 2 unspecified atom stereocenters. The standard InChI is InChI=1S/C27H36F3N5O2S/c1-17-12-19(38(37)20-13-26(14-20)7-9-31-10-8-26)4-5-22(17)33-24-32-15-21(27(28,29)30)23(34-24)35-11-6-18(16-35)25(2,3)36/h4-5,12,15,18,20,31,36H,6-11,13-14,16H2,1-3H3,(H,32,33,34). The van der Waals surface area contributed by atoms with Crippen molar-refractivity contribution in [2.75, 3.05) is 36.4 Å². The van der Waals surface area contributed by atoms with E-state index in [0.717, 1.165) is 55.4 Å². The van der Waals surface area contributed by atoms with E-state index in [1.165, 1.54) is 0 Å². The summed E-state index contributed by atoms with van der Waals surface area (Å²) in [5, 5.41) is 17.0. The lowest BCUT2D eigenvalue weighted by Crippen LogP contribution is -2.49. The average Bonchev–Trinajstić information content (AvgIpc) is 3.34. The molecule has 208 valence electrons. The van der Waals surface area contributed by atoms with Crippen LogP contribution in [0.2, 0.25) is 0 Å². The molecule has 5 rings (SSSR count). The van der Waals surface area contributed by atoms with Crippen LogP contribution in [-0.2, 0) is 17.0 Å². The van der Waals surface area contributed by atoms with Gasteiger partial charge >= 0.3 is 6.18 Å². The van der Waals surface area contributed by atoms with E-state index < -0.39 is 28.1 Å². The van der Waals surface area contributed by atoms with Crippen LogP contribution < -0.4 is 15.5 Å². The highest BCUT2D eigenvalue weighted by molar-refractivity contribution is 7.85. The number of rotatable bonds is 6. The minimum atomic E-state index is -4.60. The van der Waals surface area contributed by atoms with Crippen molar-refractivity contribution in [3.8, 4) is 0 Å². The summed E-state index contributed by atoms with van der Waals surface area (Å²) in [5.74, 6) is -0.289. The topological polar surface area (TPSA) is 90.4 Å². The highest BCUT2D eigenvalue weighted by Gasteiger charge is 2.47. The van der Waals surface area contributed by atoms with E-state index in [1.54, 1.807) is 24.8 Å². The molecule has 3 N–H and O–H groups in total. The third-order valence-electron chi connectivity index (χ3n) is 8.53. The second-order valence-electron chi connectivity index (χ2n) is 11.7. The molecule has 0 bridgehead atoms. The van der Waals surface area contributed by atoms with Gasteiger partial charge in [-0.15, -0.1) is 0 Å². The van der Waals surface area contributed by atoms with Gasteiger partial charge < -0.3 is 20.6 Å². The van der Waals surface area contributed by atoms with E-state index in [9.17, 15) is 22.5 Å². The first-order chi connectivity index (χ1) is 17.8. The number of aromatic nitrogens is 2. The molecule has 1 aromatic carbocycles. The van der Waals surface area contributed by atoms with Crippen LogP contribution in [0.25, 0.3) is 0 Å².